The molecule has 0 unspecified atom stereocenters. The second kappa shape index (κ2) is 8.03. The van der Waals surface area contributed by atoms with Crippen LogP contribution in [-0.4, -0.2) is 19.3 Å². The predicted octanol–water partition coefficient (Wildman–Crippen LogP) is 5.84. The molecule has 29 heavy (non-hydrogen) atoms. The van der Waals surface area contributed by atoms with Gasteiger partial charge >= 0.3 is 6.09 Å². The number of hydrogen-bond donors (Lipinski definition) is 1. The molecule has 2 aliphatic rings. The third kappa shape index (κ3) is 3.69. The summed E-state index contributed by atoms with van der Waals surface area (Å²) in [5.41, 5.74) is 3.09. The van der Waals surface area contributed by atoms with Gasteiger partial charge in [0.05, 0.1) is 12.7 Å². The maximum absolute atomic E-state index is 12.4. The monoisotopic (exact) mass is 391 g/mol. The van der Waals surface area contributed by atoms with Gasteiger partial charge in [-0.2, -0.15) is 0 Å². The molecule has 5 atom stereocenters. The van der Waals surface area contributed by atoms with Gasteiger partial charge in [-0.1, -0.05) is 74.0 Å². The molecule has 1 amide bonds. The first kappa shape index (κ1) is 19.7. The standard InChI is InChI=1S/C25H29NO3/c1-17-14-18(2)25(16-29-24(27)26-21-12-8-5-9-13-21)15-28-23(22(17)19(25)3)20-10-6-4-7-11-20/h4-14,18-19,22-23H,15-16H2,1-3H3,(H,26,27)/t18-,19-,22-,23+,25-/m0/s1. The number of anilines is 1. The first-order valence-electron chi connectivity index (χ1n) is 10.3. The minimum Gasteiger partial charge on any atom is -0.449 e. The fraction of sp³-hybridized carbons (Fsp3) is 0.400. The quantitative estimate of drug-likeness (QED) is 0.666. The Bertz CT molecular complexity index is 879. The topological polar surface area (TPSA) is 47.6 Å². The van der Waals surface area contributed by atoms with Gasteiger partial charge in [-0.25, -0.2) is 4.79 Å². The van der Waals surface area contributed by atoms with Crippen molar-refractivity contribution in [1.29, 1.82) is 0 Å². The molecule has 1 N–H and O–H groups in total. The van der Waals surface area contributed by atoms with Crippen molar-refractivity contribution in [2.75, 3.05) is 18.5 Å². The lowest BCUT2D eigenvalue weighted by molar-refractivity contribution is -0.165. The normalized spacial score (nSPS) is 30.9. The van der Waals surface area contributed by atoms with Gasteiger partial charge in [-0.15, -0.1) is 0 Å². The Morgan fingerprint density at radius 2 is 1.76 bits per heavy atom. The van der Waals surface area contributed by atoms with Crippen molar-refractivity contribution in [3.05, 3.63) is 77.9 Å². The summed E-state index contributed by atoms with van der Waals surface area (Å²) in [5.74, 6) is 0.893. The van der Waals surface area contributed by atoms with E-state index in [-0.39, 0.29) is 23.4 Å². The number of ether oxygens (including phenoxy) is 2. The molecule has 2 aromatic rings. The summed E-state index contributed by atoms with van der Waals surface area (Å²) in [6.45, 7) is 7.62. The zero-order valence-corrected chi connectivity index (χ0v) is 17.3. The van der Waals surface area contributed by atoms with Crippen molar-refractivity contribution >= 4 is 11.8 Å². The number of nitrogens with one attached hydrogen (secondary N) is 1. The molecule has 4 rings (SSSR count). The molecule has 0 saturated carbocycles. The van der Waals surface area contributed by atoms with Crippen molar-refractivity contribution in [2.45, 2.75) is 26.9 Å². The lowest BCUT2D eigenvalue weighted by Gasteiger charge is -2.55. The van der Waals surface area contributed by atoms with Crippen LogP contribution in [0.15, 0.2) is 72.3 Å². The third-order valence-electron chi connectivity index (χ3n) is 6.87. The number of benzene rings is 2. The van der Waals surface area contributed by atoms with Crippen LogP contribution in [0.3, 0.4) is 0 Å². The van der Waals surface area contributed by atoms with Crippen molar-refractivity contribution in [3.8, 4) is 0 Å². The van der Waals surface area contributed by atoms with Crippen LogP contribution < -0.4 is 5.32 Å². The van der Waals surface area contributed by atoms with Crippen LogP contribution >= 0.6 is 0 Å². The van der Waals surface area contributed by atoms with Crippen molar-refractivity contribution in [3.63, 3.8) is 0 Å². The lowest BCUT2D eigenvalue weighted by atomic mass is 9.56. The zero-order chi connectivity index (χ0) is 20.4. The summed E-state index contributed by atoms with van der Waals surface area (Å²) >= 11 is 0. The molecule has 1 fully saturated rings. The van der Waals surface area contributed by atoms with Gasteiger partial charge in [0.15, 0.2) is 0 Å². The minimum atomic E-state index is -0.419. The number of carbonyl (C=O) groups excluding carboxylic acids is 1. The van der Waals surface area contributed by atoms with Crippen molar-refractivity contribution in [1.82, 2.24) is 0 Å². The van der Waals surface area contributed by atoms with Crippen LogP contribution in [0.4, 0.5) is 10.5 Å². The molecule has 1 heterocycles. The summed E-state index contributed by atoms with van der Waals surface area (Å²) in [6.07, 6.45) is 1.97. The Labute approximate surface area is 172 Å². The highest BCUT2D eigenvalue weighted by molar-refractivity contribution is 5.84. The molecular weight excluding hydrogens is 362 g/mol. The Balaban J connectivity index is 1.52. The van der Waals surface area contributed by atoms with E-state index in [1.807, 2.05) is 36.4 Å². The molecule has 152 valence electrons. The second-order valence-corrected chi connectivity index (χ2v) is 8.46. The summed E-state index contributed by atoms with van der Waals surface area (Å²) < 4.78 is 12.2. The highest BCUT2D eigenvalue weighted by atomic mass is 16.6. The summed E-state index contributed by atoms with van der Waals surface area (Å²) in [6, 6.07) is 19.8. The maximum atomic E-state index is 12.4. The highest BCUT2D eigenvalue weighted by Gasteiger charge is 2.54. The van der Waals surface area contributed by atoms with Gasteiger partial charge in [0.1, 0.15) is 6.61 Å². The number of allylic oxidation sites excluding steroid dienone is 1. The SMILES string of the molecule is CC1=C[C@H](C)[C@@]2(COC(=O)Nc3ccccc3)CO[C@H](c3ccccc3)[C@@H]1[C@@H]2C. The summed E-state index contributed by atoms with van der Waals surface area (Å²) in [7, 11) is 0. The number of fused-ring (bicyclic) bond motifs is 2. The third-order valence-corrected chi connectivity index (χ3v) is 6.87. The number of carbonyl (C=O) groups is 1. The predicted molar refractivity (Wildman–Crippen MR) is 115 cm³/mol. The van der Waals surface area contributed by atoms with Crippen molar-refractivity contribution < 1.29 is 14.3 Å². The van der Waals surface area contributed by atoms with E-state index in [0.29, 0.717) is 19.1 Å². The largest absolute Gasteiger partial charge is 0.449 e. The minimum absolute atomic E-state index is 0.0428. The van der Waals surface area contributed by atoms with Gasteiger partial charge in [0.25, 0.3) is 0 Å². The Kier molecular flexibility index (Phi) is 5.46. The molecule has 1 aliphatic heterocycles. The Hall–Kier alpha value is -2.59. The molecule has 1 saturated heterocycles. The van der Waals surface area contributed by atoms with E-state index in [2.05, 4.69) is 56.4 Å². The smallest absolute Gasteiger partial charge is 0.411 e. The van der Waals surface area contributed by atoms with Crippen LogP contribution in [-0.2, 0) is 9.47 Å². The van der Waals surface area contributed by atoms with E-state index in [4.69, 9.17) is 9.47 Å². The fourth-order valence-electron chi connectivity index (χ4n) is 5.08. The molecule has 4 heteroatoms. The molecule has 1 aliphatic carbocycles. The van der Waals surface area contributed by atoms with E-state index in [9.17, 15) is 4.79 Å². The van der Waals surface area contributed by atoms with Crippen molar-refractivity contribution in [2.24, 2.45) is 23.2 Å². The lowest BCUT2D eigenvalue weighted by Crippen LogP contribution is -2.54. The van der Waals surface area contributed by atoms with E-state index in [1.165, 1.54) is 11.1 Å². The average molecular weight is 392 g/mol. The fourth-order valence-corrected chi connectivity index (χ4v) is 5.08. The summed E-state index contributed by atoms with van der Waals surface area (Å²) in [4.78, 5) is 12.4. The highest BCUT2D eigenvalue weighted by Crippen LogP contribution is 2.56. The number of rotatable bonds is 4. The second-order valence-electron chi connectivity index (χ2n) is 8.46. The first-order chi connectivity index (χ1) is 14.0. The van der Waals surface area contributed by atoms with E-state index < -0.39 is 6.09 Å². The van der Waals surface area contributed by atoms with Crippen LogP contribution in [0.5, 0.6) is 0 Å². The molecule has 0 radical (unpaired) electrons. The Morgan fingerprint density at radius 1 is 1.10 bits per heavy atom. The Morgan fingerprint density at radius 3 is 2.45 bits per heavy atom. The average Bonchev–Trinajstić information content (AvgIpc) is 2.73. The van der Waals surface area contributed by atoms with Crippen LogP contribution in [0.2, 0.25) is 0 Å². The zero-order valence-electron chi connectivity index (χ0n) is 17.3. The maximum Gasteiger partial charge on any atom is 0.411 e. The summed E-state index contributed by atoms with van der Waals surface area (Å²) in [5, 5.41) is 2.81. The van der Waals surface area contributed by atoms with Crippen LogP contribution in [0.1, 0.15) is 32.4 Å². The van der Waals surface area contributed by atoms with Crippen LogP contribution in [0, 0.1) is 23.2 Å². The molecule has 0 spiro atoms. The van der Waals surface area contributed by atoms with Gasteiger partial charge in [0.2, 0.25) is 0 Å². The molecule has 2 aromatic carbocycles. The van der Waals surface area contributed by atoms with E-state index >= 15 is 0 Å². The van der Waals surface area contributed by atoms with E-state index in [1.54, 1.807) is 0 Å². The van der Waals surface area contributed by atoms with Gasteiger partial charge in [-0.3, -0.25) is 5.32 Å². The van der Waals surface area contributed by atoms with Gasteiger partial charge in [-0.05, 0) is 36.5 Å². The van der Waals surface area contributed by atoms with E-state index in [0.717, 1.165) is 5.69 Å². The number of para-hydroxylation sites is 1. The molecular formula is C25H29NO3. The van der Waals surface area contributed by atoms with Gasteiger partial charge < -0.3 is 9.47 Å². The molecule has 0 aromatic heterocycles. The molecule has 4 nitrogen and oxygen atoms in total. The number of amides is 1. The first-order valence-corrected chi connectivity index (χ1v) is 10.3. The van der Waals surface area contributed by atoms with Crippen LogP contribution in [0.25, 0.3) is 0 Å². The molecule has 2 bridgehead atoms. The van der Waals surface area contributed by atoms with Gasteiger partial charge in [0, 0.05) is 17.0 Å². The number of hydrogen-bond acceptors (Lipinski definition) is 3.